The first kappa shape index (κ1) is 21.9. The van der Waals surface area contributed by atoms with E-state index in [-0.39, 0.29) is 37.1 Å². The Balaban J connectivity index is 1.56. The Morgan fingerprint density at radius 1 is 1.03 bits per heavy atom. The van der Waals surface area contributed by atoms with Gasteiger partial charge in [-0.1, -0.05) is 29.5 Å². The Morgan fingerprint density at radius 2 is 1.82 bits per heavy atom. The van der Waals surface area contributed by atoms with Crippen LogP contribution in [0.25, 0.3) is 10.2 Å². The maximum atomic E-state index is 13.8. The standard InChI is InChI=1S/C26H22N4O3S/c1-16-12-17(2)24-21(13-16)34-26(28-24)29(15-19-7-3-4-11-27-19)25(33)18-6-5-8-20(14-18)30-22(31)9-10-23(30)32/h3-8,11-14H,9-10,15H2,1-2H3. The Morgan fingerprint density at radius 3 is 2.56 bits per heavy atom. The van der Waals surface area contributed by atoms with E-state index >= 15 is 0 Å². The van der Waals surface area contributed by atoms with E-state index in [1.807, 2.05) is 32.0 Å². The third kappa shape index (κ3) is 4.08. The average Bonchev–Trinajstić information content (AvgIpc) is 3.40. The van der Waals surface area contributed by atoms with E-state index in [1.165, 1.54) is 11.3 Å². The molecule has 170 valence electrons. The minimum atomic E-state index is -0.278. The van der Waals surface area contributed by atoms with Crippen LogP contribution in [0.2, 0.25) is 0 Å². The maximum Gasteiger partial charge on any atom is 0.260 e. The summed E-state index contributed by atoms with van der Waals surface area (Å²) in [7, 11) is 0. The number of thiazole rings is 1. The first-order valence-electron chi connectivity index (χ1n) is 11.0. The quantitative estimate of drug-likeness (QED) is 0.391. The SMILES string of the molecule is Cc1cc(C)c2nc(N(Cc3ccccn3)C(=O)c3cccc(N4C(=O)CCC4=O)c3)sc2c1. The van der Waals surface area contributed by atoms with Crippen LogP contribution in [0.5, 0.6) is 0 Å². The molecule has 4 aromatic rings. The van der Waals surface area contributed by atoms with Crippen LogP contribution in [0.3, 0.4) is 0 Å². The zero-order valence-electron chi connectivity index (χ0n) is 18.8. The molecule has 0 aliphatic carbocycles. The van der Waals surface area contributed by atoms with E-state index in [4.69, 9.17) is 4.98 Å². The number of hydrogen-bond acceptors (Lipinski definition) is 6. The Kier molecular flexibility index (Phi) is 5.67. The first-order chi connectivity index (χ1) is 16.4. The molecule has 8 heteroatoms. The number of rotatable bonds is 5. The molecule has 0 bridgehead atoms. The van der Waals surface area contributed by atoms with Gasteiger partial charge in [-0.25, -0.2) is 4.98 Å². The molecule has 1 aliphatic rings. The molecule has 0 N–H and O–H groups in total. The van der Waals surface area contributed by atoms with Crippen LogP contribution < -0.4 is 9.80 Å². The van der Waals surface area contributed by atoms with Crippen molar-refractivity contribution in [1.29, 1.82) is 0 Å². The van der Waals surface area contributed by atoms with Crippen LogP contribution in [0, 0.1) is 13.8 Å². The largest absolute Gasteiger partial charge is 0.278 e. The number of anilines is 2. The molecule has 1 aliphatic heterocycles. The molecular weight excluding hydrogens is 448 g/mol. The number of amides is 3. The van der Waals surface area contributed by atoms with E-state index in [0.29, 0.717) is 16.4 Å². The average molecular weight is 471 g/mol. The van der Waals surface area contributed by atoms with Gasteiger partial charge in [0.15, 0.2) is 5.13 Å². The molecule has 3 heterocycles. The number of nitrogens with zero attached hydrogens (tertiary/aromatic N) is 4. The van der Waals surface area contributed by atoms with E-state index in [1.54, 1.807) is 35.4 Å². The Bertz CT molecular complexity index is 1410. The molecule has 1 fully saturated rings. The zero-order chi connectivity index (χ0) is 23.8. The van der Waals surface area contributed by atoms with Crippen LogP contribution in [-0.2, 0) is 16.1 Å². The number of carbonyl (C=O) groups is 3. The summed E-state index contributed by atoms with van der Waals surface area (Å²) >= 11 is 1.45. The molecule has 2 aromatic carbocycles. The summed E-state index contributed by atoms with van der Waals surface area (Å²) in [6, 6.07) is 16.3. The third-order valence-electron chi connectivity index (χ3n) is 5.74. The smallest absolute Gasteiger partial charge is 0.260 e. The number of fused-ring (bicyclic) bond motifs is 1. The summed E-state index contributed by atoms with van der Waals surface area (Å²) in [5.74, 6) is -0.783. The molecule has 7 nitrogen and oxygen atoms in total. The van der Waals surface area contributed by atoms with Gasteiger partial charge >= 0.3 is 0 Å². The van der Waals surface area contributed by atoms with E-state index in [0.717, 1.165) is 31.9 Å². The van der Waals surface area contributed by atoms with E-state index in [2.05, 4.69) is 17.1 Å². The summed E-state index contributed by atoms with van der Waals surface area (Å²) in [5.41, 5.74) is 4.56. The molecule has 0 spiro atoms. The lowest BCUT2D eigenvalue weighted by atomic mass is 10.1. The fourth-order valence-corrected chi connectivity index (χ4v) is 5.29. The number of hydrogen-bond donors (Lipinski definition) is 0. The lowest BCUT2D eigenvalue weighted by Crippen LogP contribution is -2.32. The molecule has 2 aromatic heterocycles. The number of imide groups is 1. The molecule has 0 radical (unpaired) electrons. The van der Waals surface area contributed by atoms with Gasteiger partial charge in [0.2, 0.25) is 11.8 Å². The van der Waals surface area contributed by atoms with Crippen LogP contribution >= 0.6 is 11.3 Å². The highest BCUT2D eigenvalue weighted by Gasteiger charge is 2.31. The van der Waals surface area contributed by atoms with Gasteiger partial charge in [0.25, 0.3) is 5.91 Å². The summed E-state index contributed by atoms with van der Waals surface area (Å²) in [6.07, 6.45) is 2.07. The van der Waals surface area contributed by atoms with Crippen LogP contribution in [-0.4, -0.2) is 27.7 Å². The van der Waals surface area contributed by atoms with Gasteiger partial charge in [-0.3, -0.25) is 29.2 Å². The van der Waals surface area contributed by atoms with Gasteiger partial charge < -0.3 is 0 Å². The number of aryl methyl sites for hydroxylation is 2. The highest BCUT2D eigenvalue weighted by atomic mass is 32.1. The number of aromatic nitrogens is 2. The molecule has 0 atom stereocenters. The minimum absolute atomic E-state index is 0.188. The Labute approximate surface area is 200 Å². The second-order valence-corrected chi connectivity index (χ2v) is 9.32. The zero-order valence-corrected chi connectivity index (χ0v) is 19.6. The van der Waals surface area contributed by atoms with Gasteiger partial charge in [-0.2, -0.15) is 0 Å². The summed E-state index contributed by atoms with van der Waals surface area (Å²) in [5, 5.41) is 0.568. The Hall–Kier alpha value is -3.91. The summed E-state index contributed by atoms with van der Waals surface area (Å²) in [4.78, 5) is 50.2. The molecule has 1 saturated heterocycles. The normalized spacial score (nSPS) is 13.6. The van der Waals surface area contributed by atoms with Crippen molar-refractivity contribution in [2.24, 2.45) is 0 Å². The predicted octanol–water partition coefficient (Wildman–Crippen LogP) is 4.81. The second-order valence-electron chi connectivity index (χ2n) is 8.31. The monoisotopic (exact) mass is 470 g/mol. The molecule has 3 amide bonds. The van der Waals surface area contributed by atoms with Gasteiger partial charge in [0.1, 0.15) is 0 Å². The number of carbonyl (C=O) groups excluding carboxylic acids is 3. The van der Waals surface area contributed by atoms with E-state index < -0.39 is 0 Å². The fraction of sp³-hybridized carbons (Fsp3) is 0.192. The molecule has 34 heavy (non-hydrogen) atoms. The van der Waals surface area contributed by atoms with Crippen molar-refractivity contribution in [1.82, 2.24) is 9.97 Å². The van der Waals surface area contributed by atoms with Gasteiger partial charge in [0.05, 0.1) is 28.1 Å². The molecule has 5 rings (SSSR count). The van der Waals surface area contributed by atoms with Crippen LogP contribution in [0.15, 0.2) is 60.8 Å². The maximum absolute atomic E-state index is 13.8. The van der Waals surface area contributed by atoms with Gasteiger partial charge in [-0.05, 0) is 61.4 Å². The van der Waals surface area contributed by atoms with Gasteiger partial charge in [-0.15, -0.1) is 0 Å². The number of pyridine rings is 1. The van der Waals surface area contributed by atoms with Crippen molar-refractivity contribution in [3.8, 4) is 0 Å². The van der Waals surface area contributed by atoms with Crippen molar-refractivity contribution in [3.63, 3.8) is 0 Å². The molecule has 0 unspecified atom stereocenters. The van der Waals surface area contributed by atoms with Crippen molar-refractivity contribution >= 4 is 50.1 Å². The first-order valence-corrected chi connectivity index (χ1v) is 11.8. The van der Waals surface area contributed by atoms with Crippen molar-refractivity contribution in [2.45, 2.75) is 33.2 Å². The highest BCUT2D eigenvalue weighted by molar-refractivity contribution is 7.22. The lowest BCUT2D eigenvalue weighted by molar-refractivity contribution is -0.121. The van der Waals surface area contributed by atoms with Crippen molar-refractivity contribution < 1.29 is 14.4 Å². The highest BCUT2D eigenvalue weighted by Crippen LogP contribution is 2.33. The lowest BCUT2D eigenvalue weighted by Gasteiger charge is -2.21. The third-order valence-corrected chi connectivity index (χ3v) is 6.77. The van der Waals surface area contributed by atoms with Crippen molar-refractivity contribution in [3.05, 3.63) is 83.2 Å². The topological polar surface area (TPSA) is 83.5 Å². The fourth-order valence-electron chi connectivity index (χ4n) is 4.15. The van der Waals surface area contributed by atoms with E-state index in [9.17, 15) is 14.4 Å². The summed E-state index contributed by atoms with van der Waals surface area (Å²) in [6.45, 7) is 4.29. The molecule has 0 saturated carbocycles. The van der Waals surface area contributed by atoms with Gasteiger partial charge in [0, 0.05) is 24.6 Å². The second kappa shape index (κ2) is 8.79. The molecular formula is C26H22N4O3S. The predicted molar refractivity (Wildman–Crippen MR) is 132 cm³/mol. The van der Waals surface area contributed by atoms with Crippen LogP contribution in [0.1, 0.15) is 40.0 Å². The summed E-state index contributed by atoms with van der Waals surface area (Å²) < 4.78 is 1.01. The van der Waals surface area contributed by atoms with Crippen LogP contribution in [0.4, 0.5) is 10.8 Å². The van der Waals surface area contributed by atoms with Crippen molar-refractivity contribution in [2.75, 3.05) is 9.80 Å². The minimum Gasteiger partial charge on any atom is -0.278 e. The number of benzene rings is 2.